The highest BCUT2D eigenvalue weighted by atomic mass is 15.2. The van der Waals surface area contributed by atoms with Crippen LogP contribution in [-0.2, 0) is 5.41 Å². The molecule has 284 valence electrons. The van der Waals surface area contributed by atoms with Crippen molar-refractivity contribution in [1.29, 1.82) is 0 Å². The molecular formula is C56H41N4+. The number of anilines is 5. The van der Waals surface area contributed by atoms with Crippen molar-refractivity contribution in [2.75, 3.05) is 9.80 Å². The smallest absolute Gasteiger partial charge is 0.235 e. The van der Waals surface area contributed by atoms with Crippen molar-refractivity contribution in [3.05, 3.63) is 249 Å². The molecule has 0 saturated carbocycles. The Labute approximate surface area is 348 Å². The average molecular weight is 770 g/mol. The highest BCUT2D eigenvalue weighted by molar-refractivity contribution is 6.22. The fourth-order valence-corrected chi connectivity index (χ4v) is 10.2. The molecule has 3 heterocycles. The second kappa shape index (κ2) is 13.2. The Morgan fingerprint density at radius 1 is 0.500 bits per heavy atom. The Kier molecular flexibility index (Phi) is 7.61. The summed E-state index contributed by atoms with van der Waals surface area (Å²) in [4.78, 5) is 10.2. The first kappa shape index (κ1) is 34.5. The SMILES string of the molecule is CC1(C)c2ccccc2N(c2ccccc2)c2cc3c(cc21)=c1ncccc1=C1CC2=[N+](c4ccccc4)c4ccccc4N(c4ccccc4)C2=CC1=c1ccccc1=3. The molecule has 0 spiro atoms. The number of hydrogen-bond donors (Lipinski definition) is 0. The van der Waals surface area contributed by atoms with E-state index in [0.29, 0.717) is 6.42 Å². The molecule has 2 aliphatic heterocycles. The van der Waals surface area contributed by atoms with E-state index in [9.17, 15) is 0 Å². The number of nitrogens with zero attached hydrogens (tertiary/aromatic N) is 4. The summed E-state index contributed by atoms with van der Waals surface area (Å²) in [5.74, 6) is 0. The number of aromatic nitrogens is 1. The minimum Gasteiger partial charge on any atom is -0.310 e. The molecule has 7 aromatic carbocycles. The summed E-state index contributed by atoms with van der Waals surface area (Å²) in [6, 6.07) is 68.5. The third-order valence-electron chi connectivity index (χ3n) is 12.9. The zero-order chi connectivity index (χ0) is 40.0. The number of fused-ring (bicyclic) bond motifs is 8. The lowest BCUT2D eigenvalue weighted by atomic mass is 9.73. The number of pyridine rings is 1. The van der Waals surface area contributed by atoms with Gasteiger partial charge in [0.05, 0.1) is 23.1 Å². The lowest BCUT2D eigenvalue weighted by molar-refractivity contribution is 0.631. The Bertz CT molecular complexity index is 3480. The van der Waals surface area contributed by atoms with Gasteiger partial charge in [-0.1, -0.05) is 129 Å². The van der Waals surface area contributed by atoms with Crippen molar-refractivity contribution in [2.45, 2.75) is 25.7 Å². The lowest BCUT2D eigenvalue weighted by Gasteiger charge is -2.42. The van der Waals surface area contributed by atoms with Crippen LogP contribution in [0.5, 0.6) is 0 Å². The van der Waals surface area contributed by atoms with Gasteiger partial charge in [-0.05, 0) is 98.6 Å². The highest BCUT2D eigenvalue weighted by Crippen LogP contribution is 2.52. The summed E-state index contributed by atoms with van der Waals surface area (Å²) >= 11 is 0. The molecule has 0 unspecified atom stereocenters. The zero-order valence-electron chi connectivity index (χ0n) is 33.5. The fourth-order valence-electron chi connectivity index (χ4n) is 10.2. The van der Waals surface area contributed by atoms with Gasteiger partial charge in [0.2, 0.25) is 17.1 Å². The maximum Gasteiger partial charge on any atom is 0.235 e. The van der Waals surface area contributed by atoms with Gasteiger partial charge in [-0.15, -0.1) is 0 Å². The summed E-state index contributed by atoms with van der Waals surface area (Å²) in [6.07, 6.45) is 5.14. The van der Waals surface area contributed by atoms with Gasteiger partial charge in [0.15, 0.2) is 0 Å². The molecule has 0 amide bonds. The maximum absolute atomic E-state index is 5.32. The van der Waals surface area contributed by atoms with Crippen LogP contribution in [0.4, 0.5) is 39.8 Å². The normalized spacial score (nSPS) is 15.5. The first-order chi connectivity index (χ1) is 29.6. The number of para-hydroxylation sites is 6. The van der Waals surface area contributed by atoms with Crippen molar-refractivity contribution < 1.29 is 0 Å². The molecule has 0 bridgehead atoms. The van der Waals surface area contributed by atoms with Crippen LogP contribution < -0.4 is 24.8 Å². The van der Waals surface area contributed by atoms with Gasteiger partial charge in [0.1, 0.15) is 11.4 Å². The van der Waals surface area contributed by atoms with Crippen LogP contribution in [0.2, 0.25) is 0 Å². The molecule has 4 nitrogen and oxygen atoms in total. The molecule has 8 aromatic rings. The molecular weight excluding hydrogens is 729 g/mol. The van der Waals surface area contributed by atoms with Crippen LogP contribution in [0.25, 0.3) is 11.1 Å². The van der Waals surface area contributed by atoms with E-state index in [-0.39, 0.29) is 5.41 Å². The van der Waals surface area contributed by atoms with Crippen LogP contribution in [0.1, 0.15) is 31.4 Å². The van der Waals surface area contributed by atoms with Gasteiger partial charge >= 0.3 is 0 Å². The standard InChI is InChI=1S/C56H41N4/c1-56(2)47-28-14-15-29-49(47)58(37-19-6-3-7-20-37)52-34-44-41-26-13-12-25-40(41)43-35-53-54(36-45(43)42-27-18-32-57-55(42)46(44)33-48(52)56)60(39-23-10-5-11-24-39)51-31-17-16-30-50(51)59(53)38-21-8-4-9-22-38/h3-35H,36H2,1-2H3/q+1. The van der Waals surface area contributed by atoms with Crippen LogP contribution >= 0.6 is 0 Å². The Morgan fingerprint density at radius 2 is 1.12 bits per heavy atom. The van der Waals surface area contributed by atoms with Gasteiger partial charge in [-0.2, -0.15) is 4.58 Å². The molecule has 4 aliphatic rings. The summed E-state index contributed by atoms with van der Waals surface area (Å²) in [5.41, 5.74) is 15.4. The predicted molar refractivity (Wildman–Crippen MR) is 246 cm³/mol. The van der Waals surface area contributed by atoms with Crippen molar-refractivity contribution in [1.82, 2.24) is 9.56 Å². The van der Waals surface area contributed by atoms with Crippen molar-refractivity contribution in [3.63, 3.8) is 0 Å². The van der Waals surface area contributed by atoms with E-state index in [4.69, 9.17) is 4.98 Å². The van der Waals surface area contributed by atoms with Crippen molar-refractivity contribution >= 4 is 56.7 Å². The van der Waals surface area contributed by atoms with E-state index in [1.807, 2.05) is 6.20 Å². The highest BCUT2D eigenvalue weighted by Gasteiger charge is 2.41. The molecule has 0 radical (unpaired) electrons. The van der Waals surface area contributed by atoms with Crippen LogP contribution in [0.15, 0.2) is 206 Å². The monoisotopic (exact) mass is 769 g/mol. The molecule has 0 fully saturated rings. The Morgan fingerprint density at radius 3 is 1.88 bits per heavy atom. The van der Waals surface area contributed by atoms with Gasteiger partial charge in [0.25, 0.3) is 0 Å². The summed E-state index contributed by atoms with van der Waals surface area (Å²) in [6.45, 7) is 4.75. The number of benzene rings is 7. The number of allylic oxidation sites excluding steroid dienone is 2. The van der Waals surface area contributed by atoms with Gasteiger partial charge < -0.3 is 4.90 Å². The molecule has 0 atom stereocenters. The van der Waals surface area contributed by atoms with E-state index in [1.165, 1.54) is 60.7 Å². The quantitative estimate of drug-likeness (QED) is 0.167. The first-order valence-corrected chi connectivity index (χ1v) is 20.9. The minimum absolute atomic E-state index is 0.265. The van der Waals surface area contributed by atoms with Crippen molar-refractivity contribution in [3.8, 4) is 0 Å². The minimum atomic E-state index is -0.265. The van der Waals surface area contributed by atoms with Crippen LogP contribution in [-0.4, -0.2) is 10.7 Å². The molecule has 2 aliphatic carbocycles. The third-order valence-corrected chi connectivity index (χ3v) is 12.9. The van der Waals surface area contributed by atoms with E-state index in [0.717, 1.165) is 44.2 Å². The second-order valence-corrected chi connectivity index (χ2v) is 16.5. The maximum atomic E-state index is 5.32. The summed E-state index contributed by atoms with van der Waals surface area (Å²) in [7, 11) is 0. The first-order valence-electron chi connectivity index (χ1n) is 20.9. The topological polar surface area (TPSA) is 22.4 Å². The van der Waals surface area contributed by atoms with E-state index < -0.39 is 0 Å². The van der Waals surface area contributed by atoms with E-state index in [1.54, 1.807) is 0 Å². The molecule has 1 aromatic heterocycles. The molecule has 0 saturated heterocycles. The van der Waals surface area contributed by atoms with Crippen LogP contribution in [0.3, 0.4) is 0 Å². The van der Waals surface area contributed by atoms with Gasteiger partial charge in [-0.25, -0.2) is 0 Å². The number of hydrogen-bond acceptors (Lipinski definition) is 3. The predicted octanol–water partition coefficient (Wildman–Crippen LogP) is 11.5. The summed E-state index contributed by atoms with van der Waals surface area (Å²) in [5, 5.41) is 6.93. The van der Waals surface area contributed by atoms with Gasteiger partial charge in [0, 0.05) is 51.6 Å². The van der Waals surface area contributed by atoms with E-state index in [2.05, 4.69) is 222 Å². The van der Waals surface area contributed by atoms with E-state index >= 15 is 0 Å². The molecule has 60 heavy (non-hydrogen) atoms. The van der Waals surface area contributed by atoms with Crippen LogP contribution in [0, 0.1) is 21.0 Å². The van der Waals surface area contributed by atoms with Crippen molar-refractivity contribution in [2.24, 2.45) is 0 Å². The third kappa shape index (κ3) is 5.04. The average Bonchev–Trinajstić information content (AvgIpc) is 3.30. The van der Waals surface area contributed by atoms with Gasteiger partial charge in [-0.3, -0.25) is 9.88 Å². The lowest BCUT2D eigenvalue weighted by Crippen LogP contribution is -2.38. The zero-order valence-corrected chi connectivity index (χ0v) is 33.5. The Balaban J connectivity index is 1.28. The fraction of sp³-hybridized carbons (Fsp3) is 0.0714. The molecule has 12 rings (SSSR count). The molecule has 4 heteroatoms. The second-order valence-electron chi connectivity index (χ2n) is 16.5. The number of rotatable bonds is 3. The Hall–Kier alpha value is -7.56. The largest absolute Gasteiger partial charge is 0.310 e. The summed E-state index contributed by atoms with van der Waals surface area (Å²) < 4.78 is 2.48. The molecule has 0 N–H and O–H groups in total.